The van der Waals surface area contributed by atoms with Gasteiger partial charge >= 0.3 is 0 Å². The summed E-state index contributed by atoms with van der Waals surface area (Å²) in [6.07, 6.45) is 5.45. The fourth-order valence-corrected chi connectivity index (χ4v) is 4.15. The molecule has 3 aliphatic rings. The lowest BCUT2D eigenvalue weighted by atomic mass is 9.81. The van der Waals surface area contributed by atoms with Crippen molar-refractivity contribution in [3.8, 4) is 0 Å². The van der Waals surface area contributed by atoms with Gasteiger partial charge < -0.3 is 10.6 Å². The van der Waals surface area contributed by atoms with Gasteiger partial charge in [-0.3, -0.25) is 24.1 Å². The second kappa shape index (κ2) is 7.73. The van der Waals surface area contributed by atoms with Crippen molar-refractivity contribution in [1.29, 1.82) is 0 Å². The van der Waals surface area contributed by atoms with E-state index in [1.807, 2.05) is 0 Å². The predicted molar refractivity (Wildman–Crippen MR) is 103 cm³/mol. The predicted octanol–water partition coefficient (Wildman–Crippen LogP) is 2.54. The molecule has 2 saturated carbocycles. The first-order chi connectivity index (χ1) is 13.5. The van der Waals surface area contributed by atoms with Crippen LogP contribution in [0.25, 0.3) is 0 Å². The van der Waals surface area contributed by atoms with E-state index in [1.165, 1.54) is 4.90 Å². The number of likely N-dealkylation sites (tertiary alicyclic amines) is 1. The Bertz CT molecular complexity index is 794. The molecule has 0 bridgehead atoms. The molecular formula is C21H25N3O4. The van der Waals surface area contributed by atoms with E-state index in [-0.39, 0.29) is 54.3 Å². The summed E-state index contributed by atoms with van der Waals surface area (Å²) in [6, 6.07) is 6.99. The first kappa shape index (κ1) is 18.7. The Morgan fingerprint density at radius 3 is 2.14 bits per heavy atom. The highest BCUT2D eigenvalue weighted by atomic mass is 16.2. The summed E-state index contributed by atoms with van der Waals surface area (Å²) in [4.78, 5) is 50.4. The molecule has 148 valence electrons. The number of nitrogens with zero attached hydrogens (tertiary/aromatic N) is 1. The monoisotopic (exact) mass is 383 g/mol. The van der Waals surface area contributed by atoms with E-state index in [2.05, 4.69) is 10.6 Å². The normalized spacial score (nSPS) is 24.1. The second-order valence-corrected chi connectivity index (χ2v) is 7.97. The molecule has 0 aromatic heterocycles. The molecular weight excluding hydrogens is 358 g/mol. The molecule has 2 N–H and O–H groups in total. The third-order valence-corrected chi connectivity index (χ3v) is 5.86. The molecule has 1 saturated heterocycles. The minimum atomic E-state index is -0.263. The van der Waals surface area contributed by atoms with E-state index >= 15 is 0 Å². The minimum absolute atomic E-state index is 0.0102. The number of imide groups is 1. The van der Waals surface area contributed by atoms with Crippen LogP contribution in [-0.2, 0) is 19.2 Å². The van der Waals surface area contributed by atoms with E-state index in [4.69, 9.17) is 0 Å². The zero-order chi connectivity index (χ0) is 19.7. The molecule has 1 aromatic rings. The molecule has 0 radical (unpaired) electrons. The Hall–Kier alpha value is -2.70. The maximum absolute atomic E-state index is 12.5. The summed E-state index contributed by atoms with van der Waals surface area (Å²) in [5, 5.41) is 5.62. The van der Waals surface area contributed by atoms with Crippen LogP contribution in [-0.4, -0.2) is 35.1 Å². The second-order valence-electron chi connectivity index (χ2n) is 7.97. The van der Waals surface area contributed by atoms with Gasteiger partial charge in [-0.05, 0) is 43.9 Å². The molecule has 0 spiro atoms. The maximum atomic E-state index is 12.5. The average molecular weight is 383 g/mol. The van der Waals surface area contributed by atoms with Crippen LogP contribution in [0.3, 0.4) is 0 Å². The number of nitrogens with one attached hydrogen (secondary N) is 2. The molecule has 4 amide bonds. The van der Waals surface area contributed by atoms with Crippen LogP contribution in [0.5, 0.6) is 0 Å². The number of amides is 4. The van der Waals surface area contributed by atoms with Gasteiger partial charge in [0.1, 0.15) is 0 Å². The third kappa shape index (κ3) is 3.93. The largest absolute Gasteiger partial charge is 0.326 e. The number of fused-ring (bicyclic) bond motifs is 1. The van der Waals surface area contributed by atoms with Crippen LogP contribution in [0, 0.1) is 17.8 Å². The van der Waals surface area contributed by atoms with Crippen molar-refractivity contribution in [2.75, 3.05) is 17.2 Å². The Labute approximate surface area is 163 Å². The van der Waals surface area contributed by atoms with Gasteiger partial charge in [-0.25, -0.2) is 0 Å². The summed E-state index contributed by atoms with van der Waals surface area (Å²) in [5.41, 5.74) is 1.22. The average Bonchev–Trinajstić information content (AvgIpc) is 3.50. The molecule has 1 heterocycles. The summed E-state index contributed by atoms with van der Waals surface area (Å²) in [5.74, 6) is -0.749. The van der Waals surface area contributed by atoms with E-state index in [9.17, 15) is 19.2 Å². The van der Waals surface area contributed by atoms with E-state index < -0.39 is 0 Å². The van der Waals surface area contributed by atoms with Gasteiger partial charge in [0.05, 0.1) is 11.8 Å². The SMILES string of the molecule is O=C(CCN1C(=O)C2CCCCC2C1=O)Nc1cccc(NC(=O)C2CC2)c1. The quantitative estimate of drug-likeness (QED) is 0.738. The van der Waals surface area contributed by atoms with Gasteiger partial charge in [-0.15, -0.1) is 0 Å². The van der Waals surface area contributed by atoms with Gasteiger partial charge in [0, 0.05) is 30.3 Å². The number of rotatable bonds is 6. The number of carbonyl (C=O) groups excluding carboxylic acids is 4. The third-order valence-electron chi connectivity index (χ3n) is 5.86. The van der Waals surface area contributed by atoms with Crippen LogP contribution in [0.4, 0.5) is 11.4 Å². The summed E-state index contributed by atoms with van der Waals surface area (Å²) >= 11 is 0. The van der Waals surface area contributed by atoms with Crippen molar-refractivity contribution in [3.63, 3.8) is 0 Å². The van der Waals surface area contributed by atoms with Crippen molar-refractivity contribution in [3.05, 3.63) is 24.3 Å². The number of carbonyl (C=O) groups is 4. The zero-order valence-electron chi connectivity index (χ0n) is 15.8. The number of anilines is 2. The molecule has 1 aromatic carbocycles. The summed E-state index contributed by atoms with van der Waals surface area (Å²) in [7, 11) is 0. The molecule has 2 atom stereocenters. The fraction of sp³-hybridized carbons (Fsp3) is 0.524. The number of benzene rings is 1. The van der Waals surface area contributed by atoms with Crippen LogP contribution < -0.4 is 10.6 Å². The first-order valence-corrected chi connectivity index (χ1v) is 10.1. The Kier molecular flexibility index (Phi) is 5.15. The van der Waals surface area contributed by atoms with Crippen molar-refractivity contribution in [2.45, 2.75) is 44.9 Å². The lowest BCUT2D eigenvalue weighted by molar-refractivity contribution is -0.140. The van der Waals surface area contributed by atoms with Gasteiger partial charge in [0.15, 0.2) is 0 Å². The van der Waals surface area contributed by atoms with E-state index in [0.717, 1.165) is 38.5 Å². The fourth-order valence-electron chi connectivity index (χ4n) is 4.15. The van der Waals surface area contributed by atoms with Crippen LogP contribution in [0.2, 0.25) is 0 Å². The van der Waals surface area contributed by atoms with Crippen molar-refractivity contribution >= 4 is 35.0 Å². The molecule has 2 unspecified atom stereocenters. The minimum Gasteiger partial charge on any atom is -0.326 e. The highest BCUT2D eigenvalue weighted by Crippen LogP contribution is 2.38. The Balaban J connectivity index is 1.30. The lowest BCUT2D eigenvalue weighted by Gasteiger charge is -2.19. The maximum Gasteiger partial charge on any atom is 0.233 e. The molecule has 2 aliphatic carbocycles. The summed E-state index contributed by atoms with van der Waals surface area (Å²) in [6.45, 7) is 0.120. The van der Waals surface area contributed by atoms with E-state index in [0.29, 0.717) is 11.4 Å². The zero-order valence-corrected chi connectivity index (χ0v) is 15.8. The topological polar surface area (TPSA) is 95.6 Å². The van der Waals surface area contributed by atoms with Gasteiger partial charge in [-0.1, -0.05) is 18.9 Å². The standard InChI is InChI=1S/C21H25N3O4/c25-18(10-11-24-20(27)16-6-1-2-7-17(16)21(24)28)22-14-4-3-5-15(12-14)23-19(26)13-8-9-13/h3-5,12-13,16-17H,1-2,6-11H2,(H,22,25)(H,23,26). The molecule has 7 heteroatoms. The van der Waals surface area contributed by atoms with Gasteiger partial charge in [0.25, 0.3) is 0 Å². The van der Waals surface area contributed by atoms with Crippen LogP contribution in [0.15, 0.2) is 24.3 Å². The molecule has 28 heavy (non-hydrogen) atoms. The first-order valence-electron chi connectivity index (χ1n) is 10.1. The summed E-state index contributed by atoms with van der Waals surface area (Å²) < 4.78 is 0. The van der Waals surface area contributed by atoms with Crippen molar-refractivity contribution in [2.24, 2.45) is 17.8 Å². The highest BCUT2D eigenvalue weighted by molar-refractivity contribution is 6.05. The van der Waals surface area contributed by atoms with Crippen molar-refractivity contribution in [1.82, 2.24) is 4.90 Å². The Morgan fingerprint density at radius 1 is 0.929 bits per heavy atom. The molecule has 4 rings (SSSR count). The van der Waals surface area contributed by atoms with Gasteiger partial charge in [-0.2, -0.15) is 0 Å². The van der Waals surface area contributed by atoms with E-state index in [1.54, 1.807) is 24.3 Å². The van der Waals surface area contributed by atoms with Gasteiger partial charge in [0.2, 0.25) is 23.6 Å². The number of hydrogen-bond acceptors (Lipinski definition) is 4. The Morgan fingerprint density at radius 2 is 1.54 bits per heavy atom. The van der Waals surface area contributed by atoms with Crippen LogP contribution >= 0.6 is 0 Å². The smallest absolute Gasteiger partial charge is 0.233 e. The highest BCUT2D eigenvalue weighted by Gasteiger charge is 2.47. The molecule has 1 aliphatic heterocycles. The number of hydrogen-bond donors (Lipinski definition) is 2. The lowest BCUT2D eigenvalue weighted by Crippen LogP contribution is -2.34. The molecule has 7 nitrogen and oxygen atoms in total. The van der Waals surface area contributed by atoms with Crippen molar-refractivity contribution < 1.29 is 19.2 Å². The van der Waals surface area contributed by atoms with Crippen LogP contribution in [0.1, 0.15) is 44.9 Å². The molecule has 3 fully saturated rings.